The van der Waals surface area contributed by atoms with Gasteiger partial charge in [0.05, 0.1) is 7.11 Å². The van der Waals surface area contributed by atoms with E-state index in [9.17, 15) is 24.6 Å². The van der Waals surface area contributed by atoms with Gasteiger partial charge in [-0.25, -0.2) is 0 Å². The third-order valence-electron chi connectivity index (χ3n) is 5.51. The number of hydrogen-bond acceptors (Lipinski definition) is 4. The van der Waals surface area contributed by atoms with Crippen LogP contribution in [0.25, 0.3) is 11.1 Å². The highest BCUT2D eigenvalue weighted by Crippen LogP contribution is 2.39. The van der Waals surface area contributed by atoms with E-state index in [0.29, 0.717) is 12.8 Å². The fourth-order valence-electron chi connectivity index (χ4n) is 3.98. The summed E-state index contributed by atoms with van der Waals surface area (Å²) in [7, 11) is 1.59. The van der Waals surface area contributed by atoms with Crippen LogP contribution in [0.15, 0.2) is 42.7 Å². The lowest BCUT2D eigenvalue weighted by molar-refractivity contribution is -0.160. The van der Waals surface area contributed by atoms with Crippen LogP contribution in [-0.4, -0.2) is 39.6 Å². The number of carboxylic acids is 2. The maximum absolute atomic E-state index is 13.1. The average Bonchev–Trinajstić information content (AvgIpc) is 3.18. The smallest absolute Gasteiger partial charge is 0.325 e. The third kappa shape index (κ3) is 3.52. The van der Waals surface area contributed by atoms with Gasteiger partial charge >= 0.3 is 11.9 Å². The zero-order valence-electron chi connectivity index (χ0n) is 15.6. The van der Waals surface area contributed by atoms with E-state index >= 15 is 0 Å². The van der Waals surface area contributed by atoms with Crippen LogP contribution in [-0.2, 0) is 19.9 Å². The summed E-state index contributed by atoms with van der Waals surface area (Å²) in [5.74, 6) is -5.34. The molecule has 1 fully saturated rings. The van der Waals surface area contributed by atoms with Gasteiger partial charge in [0.1, 0.15) is 11.3 Å². The molecular weight excluding hydrogens is 362 g/mol. The fraction of sp³-hybridized carbons (Fsp3) is 0.381. The van der Waals surface area contributed by atoms with Crippen molar-refractivity contribution in [1.29, 1.82) is 0 Å². The van der Waals surface area contributed by atoms with Gasteiger partial charge in [0, 0.05) is 12.4 Å². The molecule has 1 aromatic carbocycles. The zero-order valence-corrected chi connectivity index (χ0v) is 15.6. The first kappa shape index (κ1) is 19.7. The normalized spacial score (nSPS) is 15.9. The molecule has 0 atom stereocenters. The predicted molar refractivity (Wildman–Crippen MR) is 101 cm³/mol. The molecule has 0 radical (unpaired) electrons. The average molecular weight is 385 g/mol. The highest BCUT2D eigenvalue weighted by atomic mass is 16.5. The van der Waals surface area contributed by atoms with E-state index in [0.717, 1.165) is 36.1 Å². The van der Waals surface area contributed by atoms with Crippen LogP contribution in [0, 0.1) is 5.92 Å². The molecule has 0 bridgehead atoms. The van der Waals surface area contributed by atoms with Crippen LogP contribution < -0.4 is 4.74 Å². The summed E-state index contributed by atoms with van der Waals surface area (Å²) < 4.78 is 6.88. The number of Topliss-reactive ketones (excluding diaryl/α,β-unsaturated/α-hetero) is 1. The number of rotatable bonds is 7. The molecular formula is C21H23NO6. The third-order valence-corrected chi connectivity index (χ3v) is 5.51. The second-order valence-corrected chi connectivity index (χ2v) is 7.10. The van der Waals surface area contributed by atoms with E-state index in [-0.39, 0.29) is 0 Å². The first-order valence-corrected chi connectivity index (χ1v) is 9.22. The standard InChI is InChI=1S/C21H23NO6/c1-28-16-7-5-14(6-8-16)15-9-12-22(13-15)21(10-3-2-4-11-21)18(23)17(19(24)25)20(26)27/h5-9,12-13,17H,2-4,10-11H2,1H3,(H,24,25)(H,26,27). The topological polar surface area (TPSA) is 106 Å². The van der Waals surface area contributed by atoms with Crippen LogP contribution in [0.3, 0.4) is 0 Å². The molecule has 0 unspecified atom stereocenters. The van der Waals surface area contributed by atoms with E-state index < -0.39 is 29.2 Å². The number of aromatic nitrogens is 1. The molecule has 7 nitrogen and oxygen atoms in total. The Morgan fingerprint density at radius 3 is 2.11 bits per heavy atom. The molecule has 3 rings (SSSR count). The molecule has 1 aliphatic rings. The molecule has 2 N–H and O–H groups in total. The fourth-order valence-corrected chi connectivity index (χ4v) is 3.98. The lowest BCUT2D eigenvalue weighted by atomic mass is 9.74. The van der Waals surface area contributed by atoms with Gasteiger partial charge in [-0.1, -0.05) is 31.4 Å². The predicted octanol–water partition coefficient (Wildman–Crippen LogP) is 3.18. The quantitative estimate of drug-likeness (QED) is 0.709. The molecule has 0 amide bonds. The van der Waals surface area contributed by atoms with E-state index in [4.69, 9.17) is 4.74 Å². The number of nitrogens with zero attached hydrogens (tertiary/aromatic N) is 1. The number of hydrogen-bond donors (Lipinski definition) is 2. The summed E-state index contributed by atoms with van der Waals surface area (Å²) in [6, 6.07) is 9.30. The van der Waals surface area contributed by atoms with Crippen molar-refractivity contribution in [3.63, 3.8) is 0 Å². The molecule has 28 heavy (non-hydrogen) atoms. The second kappa shape index (κ2) is 7.88. The van der Waals surface area contributed by atoms with Gasteiger partial charge in [0.15, 0.2) is 5.78 Å². The summed E-state index contributed by atoms with van der Waals surface area (Å²) in [6.45, 7) is 0. The van der Waals surface area contributed by atoms with Crippen molar-refractivity contribution in [3.05, 3.63) is 42.7 Å². The molecule has 0 spiro atoms. The van der Waals surface area contributed by atoms with Gasteiger partial charge in [0.25, 0.3) is 0 Å². The lowest BCUT2D eigenvalue weighted by Crippen LogP contribution is -2.50. The van der Waals surface area contributed by atoms with Gasteiger partial charge < -0.3 is 19.5 Å². The van der Waals surface area contributed by atoms with Crippen LogP contribution in [0.5, 0.6) is 5.75 Å². The number of carboxylic acid groups (broad SMARTS) is 2. The van der Waals surface area contributed by atoms with Crippen molar-refractivity contribution in [1.82, 2.24) is 4.57 Å². The van der Waals surface area contributed by atoms with E-state index in [1.54, 1.807) is 24.1 Å². The Bertz CT molecular complexity index is 863. The summed E-state index contributed by atoms with van der Waals surface area (Å²) in [4.78, 5) is 36.1. The number of carbonyl (C=O) groups excluding carboxylic acids is 1. The first-order chi connectivity index (χ1) is 13.4. The Morgan fingerprint density at radius 1 is 0.964 bits per heavy atom. The first-order valence-electron chi connectivity index (χ1n) is 9.22. The molecule has 1 saturated carbocycles. The summed E-state index contributed by atoms with van der Waals surface area (Å²) in [5.41, 5.74) is 0.637. The van der Waals surface area contributed by atoms with E-state index in [1.807, 2.05) is 30.3 Å². The lowest BCUT2D eigenvalue weighted by Gasteiger charge is -2.38. The Morgan fingerprint density at radius 2 is 1.57 bits per heavy atom. The molecule has 2 aromatic rings. The number of methoxy groups -OCH3 is 1. The monoisotopic (exact) mass is 385 g/mol. The van der Waals surface area contributed by atoms with Gasteiger partial charge in [-0.05, 0) is 42.2 Å². The second-order valence-electron chi connectivity index (χ2n) is 7.10. The maximum Gasteiger partial charge on any atom is 0.325 e. The number of aliphatic carboxylic acids is 2. The summed E-state index contributed by atoms with van der Waals surface area (Å²) in [5, 5.41) is 18.6. The Hall–Kier alpha value is -3.09. The molecule has 0 saturated heterocycles. The SMILES string of the molecule is COc1ccc(-c2ccn(C3(C(=O)C(C(=O)O)C(=O)O)CCCCC3)c2)cc1. The van der Waals surface area contributed by atoms with Crippen molar-refractivity contribution in [3.8, 4) is 16.9 Å². The Labute approximate surface area is 162 Å². The molecule has 1 heterocycles. The van der Waals surface area contributed by atoms with E-state index in [2.05, 4.69) is 0 Å². The van der Waals surface area contributed by atoms with Crippen molar-refractivity contribution < 1.29 is 29.3 Å². The molecule has 148 valence electrons. The van der Waals surface area contributed by atoms with E-state index in [1.165, 1.54) is 0 Å². The largest absolute Gasteiger partial charge is 0.497 e. The van der Waals surface area contributed by atoms with Crippen LogP contribution in [0.2, 0.25) is 0 Å². The highest BCUT2D eigenvalue weighted by molar-refractivity contribution is 6.16. The van der Waals surface area contributed by atoms with Crippen molar-refractivity contribution in [2.75, 3.05) is 7.11 Å². The minimum Gasteiger partial charge on any atom is -0.497 e. The van der Waals surface area contributed by atoms with Crippen molar-refractivity contribution in [2.24, 2.45) is 5.92 Å². The van der Waals surface area contributed by atoms with Crippen LogP contribution >= 0.6 is 0 Å². The van der Waals surface area contributed by atoms with Crippen molar-refractivity contribution >= 4 is 17.7 Å². The van der Waals surface area contributed by atoms with Crippen LogP contribution in [0.1, 0.15) is 32.1 Å². The van der Waals surface area contributed by atoms with Gasteiger partial charge in [-0.15, -0.1) is 0 Å². The summed E-state index contributed by atoms with van der Waals surface area (Å²) in [6.07, 6.45) is 6.82. The minimum atomic E-state index is -2.06. The van der Waals surface area contributed by atoms with Crippen molar-refractivity contribution in [2.45, 2.75) is 37.6 Å². The zero-order chi connectivity index (χ0) is 20.3. The number of ether oxygens (including phenoxy) is 1. The van der Waals surface area contributed by atoms with Gasteiger partial charge in [-0.3, -0.25) is 14.4 Å². The maximum atomic E-state index is 13.1. The molecule has 1 aliphatic carbocycles. The number of ketones is 1. The molecule has 7 heteroatoms. The van der Waals surface area contributed by atoms with Gasteiger partial charge in [-0.2, -0.15) is 0 Å². The van der Waals surface area contributed by atoms with Crippen LogP contribution in [0.4, 0.5) is 0 Å². The van der Waals surface area contributed by atoms with Gasteiger partial charge in [0.2, 0.25) is 5.92 Å². The number of carbonyl (C=O) groups is 3. The molecule has 1 aromatic heterocycles. The Kier molecular flexibility index (Phi) is 5.53. The molecule has 0 aliphatic heterocycles. The highest BCUT2D eigenvalue weighted by Gasteiger charge is 2.49. The minimum absolute atomic E-state index is 0.430. The Balaban J connectivity index is 2.00. The number of benzene rings is 1. The summed E-state index contributed by atoms with van der Waals surface area (Å²) >= 11 is 0.